The molecule has 0 aliphatic heterocycles. The summed E-state index contributed by atoms with van der Waals surface area (Å²) in [6.07, 6.45) is 11.2. The molecule has 0 aromatic rings. The summed E-state index contributed by atoms with van der Waals surface area (Å²) in [5.74, 6) is -2.11. The van der Waals surface area contributed by atoms with Gasteiger partial charge in [-0.25, -0.2) is 15.2 Å². The highest BCUT2D eigenvalue weighted by molar-refractivity contribution is 5.83. The Morgan fingerprint density at radius 2 is 1.20 bits per heavy atom. The number of nitrogens with one attached hydrogen (secondary N) is 2. The van der Waals surface area contributed by atoms with E-state index < -0.39 is 17.7 Å². The minimum Gasteiger partial charge on any atom is -0.356 e. The molecule has 14 heteroatoms. The normalized spacial score (nSPS) is 11.0. The van der Waals surface area contributed by atoms with Crippen molar-refractivity contribution in [1.29, 1.82) is 0 Å². The zero-order chi connectivity index (χ0) is 30.9. The summed E-state index contributed by atoms with van der Waals surface area (Å²) in [4.78, 5) is 58.4. The van der Waals surface area contributed by atoms with Crippen molar-refractivity contribution in [2.75, 3.05) is 39.3 Å². The van der Waals surface area contributed by atoms with Crippen molar-refractivity contribution >= 4 is 29.5 Å². The van der Waals surface area contributed by atoms with Gasteiger partial charge in [0.25, 0.3) is 0 Å². The van der Waals surface area contributed by atoms with Crippen molar-refractivity contribution in [3.05, 3.63) is 24.3 Å². The highest BCUT2D eigenvalue weighted by Gasteiger charge is 2.14. The van der Waals surface area contributed by atoms with Crippen LogP contribution in [-0.4, -0.2) is 99.6 Å². The van der Waals surface area contributed by atoms with Crippen LogP contribution in [0.5, 0.6) is 0 Å². The third-order valence-electron chi connectivity index (χ3n) is 5.82. The maximum atomic E-state index is 12.0. The van der Waals surface area contributed by atoms with E-state index in [1.54, 1.807) is 24.3 Å². The summed E-state index contributed by atoms with van der Waals surface area (Å²) in [6, 6.07) is 0. The molecule has 0 saturated heterocycles. The Morgan fingerprint density at radius 1 is 0.659 bits per heavy atom. The molecule has 0 bridgehead atoms. The topological polar surface area (TPSA) is 206 Å². The van der Waals surface area contributed by atoms with Gasteiger partial charge < -0.3 is 16.4 Å². The fraction of sp³-hybridized carbons (Fsp3) is 0.667. The summed E-state index contributed by atoms with van der Waals surface area (Å²) >= 11 is 0. The second-order valence-electron chi connectivity index (χ2n) is 9.38. The largest absolute Gasteiger partial charge is 0.356 e. The number of rotatable bonds is 23. The van der Waals surface area contributed by atoms with Crippen molar-refractivity contribution in [1.82, 2.24) is 25.8 Å². The van der Waals surface area contributed by atoms with Gasteiger partial charge in [-0.1, -0.05) is 30.7 Å². The number of hydrogen-bond acceptors (Lipinski definition) is 9. The van der Waals surface area contributed by atoms with Crippen molar-refractivity contribution in [2.24, 2.45) is 5.73 Å². The monoisotopic (exact) mass is 584 g/mol. The van der Waals surface area contributed by atoms with E-state index in [1.807, 2.05) is 0 Å². The molecule has 234 valence electrons. The van der Waals surface area contributed by atoms with E-state index in [4.69, 9.17) is 5.73 Å². The van der Waals surface area contributed by atoms with Gasteiger partial charge in [0.1, 0.15) is 0 Å². The highest BCUT2D eigenvalue weighted by atomic mass is 16.5. The average Bonchev–Trinajstić information content (AvgIpc) is 2.95. The first-order valence-corrected chi connectivity index (χ1v) is 14.1. The van der Waals surface area contributed by atoms with Crippen LogP contribution >= 0.6 is 0 Å². The zero-order valence-corrected chi connectivity index (χ0v) is 24.1. The van der Waals surface area contributed by atoms with Crippen LogP contribution < -0.4 is 16.4 Å². The molecule has 41 heavy (non-hydrogen) atoms. The van der Waals surface area contributed by atoms with Gasteiger partial charge in [-0.3, -0.25) is 39.6 Å². The Hall–Kier alpha value is -3.33. The Kier molecular flexibility index (Phi) is 22.5. The Bertz CT molecular complexity index is 852. The predicted octanol–water partition coefficient (Wildman–Crippen LogP) is 1.25. The van der Waals surface area contributed by atoms with Crippen molar-refractivity contribution in [3.63, 3.8) is 0 Å². The number of carbonyl (C=O) groups excluding carboxylic acids is 5. The fourth-order valence-corrected chi connectivity index (χ4v) is 3.35. The lowest BCUT2D eigenvalue weighted by Gasteiger charge is -2.15. The second-order valence-corrected chi connectivity index (χ2v) is 9.38. The fourth-order valence-electron chi connectivity index (χ4n) is 3.35. The number of hydroxylamine groups is 6. The first-order chi connectivity index (χ1) is 19.6. The molecule has 0 rings (SSSR count). The molecule has 0 aromatic carbocycles. The lowest BCUT2D eigenvalue weighted by molar-refractivity contribution is -0.166. The first-order valence-electron chi connectivity index (χ1n) is 14.1. The van der Waals surface area contributed by atoms with Crippen LogP contribution in [0.25, 0.3) is 0 Å². The average molecular weight is 585 g/mol. The third-order valence-corrected chi connectivity index (χ3v) is 5.82. The lowest BCUT2D eigenvalue weighted by Crippen LogP contribution is -2.31. The number of allylic oxidation sites excluding steroid dienone is 2. The van der Waals surface area contributed by atoms with E-state index in [2.05, 4.69) is 10.6 Å². The summed E-state index contributed by atoms with van der Waals surface area (Å²) in [5, 5.41) is 36.0. The number of carbonyl (C=O) groups is 5. The maximum Gasteiger partial charge on any atom is 0.246 e. The van der Waals surface area contributed by atoms with Crippen LogP contribution in [0.3, 0.4) is 0 Å². The van der Waals surface area contributed by atoms with Crippen LogP contribution in [0.4, 0.5) is 0 Å². The summed E-state index contributed by atoms with van der Waals surface area (Å²) in [5.41, 5.74) is 5.40. The number of hydrogen-bond donors (Lipinski definition) is 6. The zero-order valence-electron chi connectivity index (χ0n) is 24.1. The van der Waals surface area contributed by atoms with Gasteiger partial charge in [0, 0.05) is 58.8 Å². The molecule has 7 N–H and O–H groups in total. The van der Waals surface area contributed by atoms with E-state index in [0.717, 1.165) is 12.8 Å². The summed E-state index contributed by atoms with van der Waals surface area (Å²) < 4.78 is 0. The second kappa shape index (κ2) is 24.5. The third kappa shape index (κ3) is 22.1. The molecule has 0 aromatic heterocycles. The molecule has 0 fully saturated rings. The Labute approximate surface area is 242 Å². The first kappa shape index (κ1) is 37.7. The number of nitrogens with two attached hydrogens (primary N) is 1. The molecule has 0 atom stereocenters. The van der Waals surface area contributed by atoms with Gasteiger partial charge in [-0.15, -0.1) is 0 Å². The number of nitrogens with zero attached hydrogens (tertiary/aromatic N) is 3. The van der Waals surface area contributed by atoms with E-state index in [1.165, 1.54) is 6.92 Å². The highest BCUT2D eigenvalue weighted by Crippen LogP contribution is 2.03. The lowest BCUT2D eigenvalue weighted by atomic mass is 10.2. The molecular formula is C27H48N6O8. The van der Waals surface area contributed by atoms with Crippen LogP contribution in [0.15, 0.2) is 24.3 Å². The number of amides is 5. The van der Waals surface area contributed by atoms with Crippen LogP contribution in [0.2, 0.25) is 0 Å². The standard InChI is InChI=1S/C27H48N6O8/c1-23(34)31(39)20-10-4-2-3-8-18-29-24(35)13-16-27(38)33(41)22-12-6-9-19-30-25(36)14-15-26(37)32(40)21-11-5-7-17-28/h2-4,8,39-41H,5-7,9-22,28H2,1H3,(H,29,35)(H,30,36)/b4-2+,8-3+. The van der Waals surface area contributed by atoms with E-state index in [0.29, 0.717) is 60.4 Å². The van der Waals surface area contributed by atoms with Gasteiger partial charge >= 0.3 is 0 Å². The minimum absolute atomic E-state index is 0.0217. The molecule has 0 aliphatic rings. The molecule has 5 amide bonds. The van der Waals surface area contributed by atoms with Crippen LogP contribution in [0.1, 0.15) is 77.6 Å². The van der Waals surface area contributed by atoms with Crippen LogP contribution in [-0.2, 0) is 24.0 Å². The maximum absolute atomic E-state index is 12.0. The summed E-state index contributed by atoms with van der Waals surface area (Å²) in [7, 11) is 0. The van der Waals surface area contributed by atoms with Gasteiger partial charge in [-0.05, 0) is 45.1 Å². The van der Waals surface area contributed by atoms with Crippen molar-refractivity contribution < 1.29 is 39.6 Å². The molecule has 0 radical (unpaired) electrons. The Morgan fingerprint density at radius 3 is 1.76 bits per heavy atom. The quantitative estimate of drug-likeness (QED) is 0.0442. The molecule has 14 nitrogen and oxygen atoms in total. The van der Waals surface area contributed by atoms with Crippen molar-refractivity contribution in [2.45, 2.75) is 77.6 Å². The molecule has 0 heterocycles. The van der Waals surface area contributed by atoms with Gasteiger partial charge in [0.15, 0.2) is 0 Å². The van der Waals surface area contributed by atoms with E-state index in [-0.39, 0.29) is 63.7 Å². The Balaban J connectivity index is 3.83. The van der Waals surface area contributed by atoms with Gasteiger partial charge in [0.05, 0.1) is 6.54 Å². The van der Waals surface area contributed by atoms with E-state index >= 15 is 0 Å². The predicted molar refractivity (Wildman–Crippen MR) is 150 cm³/mol. The summed E-state index contributed by atoms with van der Waals surface area (Å²) in [6.45, 7) is 3.00. The minimum atomic E-state index is -0.558. The smallest absolute Gasteiger partial charge is 0.246 e. The van der Waals surface area contributed by atoms with E-state index in [9.17, 15) is 39.6 Å². The molecule has 0 unspecified atom stereocenters. The molecular weight excluding hydrogens is 536 g/mol. The van der Waals surface area contributed by atoms with Crippen molar-refractivity contribution in [3.8, 4) is 0 Å². The molecule has 0 saturated carbocycles. The number of unbranched alkanes of at least 4 members (excludes halogenated alkanes) is 4. The van der Waals surface area contributed by atoms with Gasteiger partial charge in [0.2, 0.25) is 29.5 Å². The molecule has 0 spiro atoms. The SMILES string of the molecule is CC(=O)N(O)CC/C=C/C=C/CNC(=O)CCC(=O)N(O)CCCCCNC(=O)CCC(=O)N(O)CCCCCN. The molecule has 0 aliphatic carbocycles. The van der Waals surface area contributed by atoms with Gasteiger partial charge in [-0.2, -0.15) is 0 Å². The van der Waals surface area contributed by atoms with Crippen LogP contribution in [0, 0.1) is 0 Å².